The van der Waals surface area contributed by atoms with E-state index < -0.39 is 0 Å². The first-order valence-corrected chi connectivity index (χ1v) is 3.74. The van der Waals surface area contributed by atoms with Crippen LogP contribution in [0.3, 0.4) is 0 Å². The first-order valence-electron chi connectivity index (χ1n) is 3.74. The number of hydrazone groups is 1. The van der Waals surface area contributed by atoms with Crippen LogP contribution in [0.15, 0.2) is 17.2 Å². The van der Waals surface area contributed by atoms with Crippen molar-refractivity contribution < 1.29 is 0 Å². The Hall–Kier alpha value is -1.51. The van der Waals surface area contributed by atoms with E-state index in [9.17, 15) is 0 Å². The van der Waals surface area contributed by atoms with Gasteiger partial charge in [0.05, 0.1) is 5.69 Å². The molecule has 64 valence electrons. The summed E-state index contributed by atoms with van der Waals surface area (Å²) in [7, 11) is 0. The minimum atomic E-state index is 0.809. The Labute approximate surface area is 72.3 Å². The SMILES string of the molecule is C=NNc1ccc(C)c(N)c1C. The lowest BCUT2D eigenvalue weighted by atomic mass is 10.1. The molecule has 3 nitrogen and oxygen atoms in total. The molecule has 0 fully saturated rings. The average molecular weight is 163 g/mol. The Bertz CT molecular complexity index is 305. The number of anilines is 2. The maximum Gasteiger partial charge on any atom is 0.0611 e. The third kappa shape index (κ3) is 1.39. The molecule has 0 bridgehead atoms. The molecule has 0 amide bonds. The van der Waals surface area contributed by atoms with Crippen molar-refractivity contribution in [2.24, 2.45) is 5.10 Å². The van der Waals surface area contributed by atoms with E-state index in [1.807, 2.05) is 26.0 Å². The third-order valence-electron chi connectivity index (χ3n) is 1.93. The molecule has 0 atom stereocenters. The van der Waals surface area contributed by atoms with Crippen molar-refractivity contribution in [1.82, 2.24) is 0 Å². The molecule has 3 heteroatoms. The molecule has 1 aromatic carbocycles. The molecule has 12 heavy (non-hydrogen) atoms. The quantitative estimate of drug-likeness (QED) is 0.397. The standard InChI is InChI=1S/C9H13N3/c1-6-4-5-8(12-11-3)7(2)9(6)10/h4-5,12H,3,10H2,1-2H3. The van der Waals surface area contributed by atoms with Gasteiger partial charge in [0.2, 0.25) is 0 Å². The van der Waals surface area contributed by atoms with Crippen LogP contribution in [0.2, 0.25) is 0 Å². The molecule has 0 aliphatic carbocycles. The lowest BCUT2D eigenvalue weighted by Gasteiger charge is -2.09. The van der Waals surface area contributed by atoms with Crippen molar-refractivity contribution in [3.8, 4) is 0 Å². The summed E-state index contributed by atoms with van der Waals surface area (Å²) in [6, 6.07) is 3.89. The highest BCUT2D eigenvalue weighted by atomic mass is 15.3. The molecular formula is C9H13N3. The third-order valence-corrected chi connectivity index (χ3v) is 1.93. The molecule has 1 aromatic rings. The molecule has 0 radical (unpaired) electrons. The van der Waals surface area contributed by atoms with E-state index in [-0.39, 0.29) is 0 Å². The second-order valence-corrected chi connectivity index (χ2v) is 2.74. The van der Waals surface area contributed by atoms with Crippen molar-refractivity contribution in [2.45, 2.75) is 13.8 Å². The predicted octanol–water partition coefficient (Wildman–Crippen LogP) is 1.91. The molecule has 3 N–H and O–H groups in total. The van der Waals surface area contributed by atoms with E-state index in [1.165, 1.54) is 0 Å². The molecule has 1 rings (SSSR count). The first-order chi connectivity index (χ1) is 5.66. The number of nitrogens with two attached hydrogens (primary N) is 1. The maximum absolute atomic E-state index is 5.81. The summed E-state index contributed by atoms with van der Waals surface area (Å²) in [5.41, 5.74) is 12.4. The highest BCUT2D eigenvalue weighted by Crippen LogP contribution is 2.23. The summed E-state index contributed by atoms with van der Waals surface area (Å²) in [6.07, 6.45) is 0. The van der Waals surface area contributed by atoms with Gasteiger partial charge in [0.25, 0.3) is 0 Å². The van der Waals surface area contributed by atoms with E-state index in [1.54, 1.807) is 0 Å². The smallest absolute Gasteiger partial charge is 0.0611 e. The van der Waals surface area contributed by atoms with Crippen LogP contribution < -0.4 is 11.2 Å². The zero-order valence-corrected chi connectivity index (χ0v) is 7.39. The number of nitrogens with one attached hydrogen (secondary N) is 1. The van der Waals surface area contributed by atoms with Gasteiger partial charge in [-0.05, 0) is 31.0 Å². The lowest BCUT2D eigenvalue weighted by Crippen LogP contribution is -1.97. The van der Waals surface area contributed by atoms with Gasteiger partial charge in [-0.3, -0.25) is 5.43 Å². The number of aryl methyl sites for hydroxylation is 1. The second kappa shape index (κ2) is 3.26. The molecule has 0 spiro atoms. The monoisotopic (exact) mass is 163 g/mol. The van der Waals surface area contributed by atoms with Crippen LogP contribution in [-0.2, 0) is 0 Å². The molecular weight excluding hydrogens is 150 g/mol. The van der Waals surface area contributed by atoms with Crippen molar-refractivity contribution in [1.29, 1.82) is 0 Å². The zero-order valence-electron chi connectivity index (χ0n) is 7.39. The number of nitrogens with zero attached hydrogens (tertiary/aromatic N) is 1. The Kier molecular flexibility index (Phi) is 2.33. The minimum absolute atomic E-state index is 0.809. The van der Waals surface area contributed by atoms with E-state index in [4.69, 9.17) is 5.73 Å². The number of hydrogen-bond acceptors (Lipinski definition) is 3. The largest absolute Gasteiger partial charge is 0.398 e. The number of nitrogen functional groups attached to an aromatic ring is 1. The fraction of sp³-hybridized carbons (Fsp3) is 0.222. The summed E-state index contributed by atoms with van der Waals surface area (Å²) in [5, 5.41) is 3.58. The van der Waals surface area contributed by atoms with Gasteiger partial charge in [0.1, 0.15) is 0 Å². The van der Waals surface area contributed by atoms with E-state index in [0.29, 0.717) is 0 Å². The summed E-state index contributed by atoms with van der Waals surface area (Å²) >= 11 is 0. The molecule has 0 aliphatic rings. The van der Waals surface area contributed by atoms with Crippen LogP contribution in [0.4, 0.5) is 11.4 Å². The van der Waals surface area contributed by atoms with Crippen molar-refractivity contribution in [2.75, 3.05) is 11.2 Å². The van der Waals surface area contributed by atoms with Gasteiger partial charge >= 0.3 is 0 Å². The van der Waals surface area contributed by atoms with E-state index >= 15 is 0 Å². The van der Waals surface area contributed by atoms with Crippen molar-refractivity contribution in [3.05, 3.63) is 23.3 Å². The van der Waals surface area contributed by atoms with Gasteiger partial charge < -0.3 is 5.73 Å². The molecule has 0 heterocycles. The van der Waals surface area contributed by atoms with Crippen molar-refractivity contribution >= 4 is 18.1 Å². The van der Waals surface area contributed by atoms with Gasteiger partial charge in [0, 0.05) is 12.4 Å². The van der Waals surface area contributed by atoms with Gasteiger partial charge in [-0.2, -0.15) is 5.10 Å². The normalized spacial score (nSPS) is 9.50. The highest BCUT2D eigenvalue weighted by Gasteiger charge is 2.02. The number of rotatable bonds is 2. The predicted molar refractivity (Wildman–Crippen MR) is 53.5 cm³/mol. The summed E-state index contributed by atoms with van der Waals surface area (Å²) in [5.74, 6) is 0. The minimum Gasteiger partial charge on any atom is -0.398 e. The van der Waals surface area contributed by atoms with Crippen LogP contribution in [0.1, 0.15) is 11.1 Å². The molecule has 0 aromatic heterocycles. The van der Waals surface area contributed by atoms with Crippen LogP contribution in [0.25, 0.3) is 0 Å². The Morgan fingerprint density at radius 1 is 1.42 bits per heavy atom. The summed E-state index contributed by atoms with van der Waals surface area (Å²) in [6.45, 7) is 7.28. The van der Waals surface area contributed by atoms with Gasteiger partial charge in [-0.25, -0.2) is 0 Å². The highest BCUT2D eigenvalue weighted by molar-refractivity contribution is 5.66. The maximum atomic E-state index is 5.81. The summed E-state index contributed by atoms with van der Waals surface area (Å²) in [4.78, 5) is 0. The molecule has 0 saturated heterocycles. The van der Waals surface area contributed by atoms with Crippen molar-refractivity contribution in [3.63, 3.8) is 0 Å². The van der Waals surface area contributed by atoms with Gasteiger partial charge in [-0.15, -0.1) is 0 Å². The van der Waals surface area contributed by atoms with Gasteiger partial charge in [-0.1, -0.05) is 6.07 Å². The Morgan fingerprint density at radius 2 is 2.08 bits per heavy atom. The summed E-state index contributed by atoms with van der Waals surface area (Å²) < 4.78 is 0. The van der Waals surface area contributed by atoms with Crippen LogP contribution in [-0.4, -0.2) is 6.72 Å². The fourth-order valence-corrected chi connectivity index (χ4v) is 1.07. The van der Waals surface area contributed by atoms with Crippen LogP contribution >= 0.6 is 0 Å². The zero-order chi connectivity index (χ0) is 9.14. The molecule has 0 aliphatic heterocycles. The second-order valence-electron chi connectivity index (χ2n) is 2.74. The Balaban J connectivity index is 3.16. The Morgan fingerprint density at radius 3 is 2.67 bits per heavy atom. The van der Waals surface area contributed by atoms with Gasteiger partial charge in [0.15, 0.2) is 0 Å². The average Bonchev–Trinajstić information content (AvgIpc) is 2.07. The lowest BCUT2D eigenvalue weighted by molar-refractivity contribution is 1.30. The molecule has 0 unspecified atom stereocenters. The number of benzene rings is 1. The van der Waals surface area contributed by atoms with Crippen LogP contribution in [0, 0.1) is 13.8 Å². The number of hydrogen-bond donors (Lipinski definition) is 2. The molecule has 0 saturated carbocycles. The fourth-order valence-electron chi connectivity index (χ4n) is 1.07. The van der Waals surface area contributed by atoms with E-state index in [0.717, 1.165) is 22.5 Å². The first kappa shape index (κ1) is 8.59. The topological polar surface area (TPSA) is 50.4 Å². The van der Waals surface area contributed by atoms with E-state index in [2.05, 4.69) is 17.2 Å². The van der Waals surface area contributed by atoms with Crippen LogP contribution in [0.5, 0.6) is 0 Å².